The number of aliphatic carboxylic acids is 1. The van der Waals surface area contributed by atoms with E-state index in [0.29, 0.717) is 16.3 Å². The number of hydrogen-bond donors (Lipinski definition) is 1. The lowest BCUT2D eigenvalue weighted by Crippen LogP contribution is -1.93. The number of carboxylic acid groups (broad SMARTS) is 1. The van der Waals surface area contributed by atoms with Crippen LogP contribution in [0.1, 0.15) is 5.56 Å². The highest BCUT2D eigenvalue weighted by Crippen LogP contribution is 2.19. The van der Waals surface area contributed by atoms with Gasteiger partial charge in [-0.25, -0.2) is 14.8 Å². The van der Waals surface area contributed by atoms with Gasteiger partial charge in [-0.15, -0.1) is 0 Å². The molecule has 0 saturated heterocycles. The predicted octanol–water partition coefficient (Wildman–Crippen LogP) is 2.42. The molecule has 2 rings (SSSR count). The van der Waals surface area contributed by atoms with Gasteiger partial charge in [0.1, 0.15) is 0 Å². The minimum atomic E-state index is -1.04. The molecule has 7 heteroatoms. The van der Waals surface area contributed by atoms with Crippen molar-refractivity contribution in [3.63, 3.8) is 0 Å². The number of rotatable bonds is 4. The molecule has 0 aliphatic heterocycles. The van der Waals surface area contributed by atoms with E-state index in [4.69, 9.17) is 21.4 Å². The van der Waals surface area contributed by atoms with E-state index in [0.717, 1.165) is 6.08 Å². The maximum absolute atomic E-state index is 10.3. The smallest absolute Gasteiger partial charge is 0.328 e. The molecule has 0 aromatic carbocycles. The molecule has 19 heavy (non-hydrogen) atoms. The van der Waals surface area contributed by atoms with E-state index in [-0.39, 0.29) is 6.01 Å². The van der Waals surface area contributed by atoms with Crippen molar-refractivity contribution in [3.05, 3.63) is 47.5 Å². The van der Waals surface area contributed by atoms with Crippen molar-refractivity contribution in [3.8, 4) is 11.8 Å². The molecule has 1 N–H and O–H groups in total. The van der Waals surface area contributed by atoms with Gasteiger partial charge in [0, 0.05) is 36.3 Å². The summed E-state index contributed by atoms with van der Waals surface area (Å²) >= 11 is 5.76. The fourth-order valence-electron chi connectivity index (χ4n) is 1.19. The fourth-order valence-corrected chi connectivity index (χ4v) is 1.35. The first-order valence-corrected chi connectivity index (χ1v) is 5.53. The van der Waals surface area contributed by atoms with E-state index < -0.39 is 5.97 Å². The lowest BCUT2D eigenvalue weighted by atomic mass is 10.3. The van der Waals surface area contributed by atoms with E-state index in [1.54, 1.807) is 6.07 Å². The van der Waals surface area contributed by atoms with Gasteiger partial charge in [-0.3, -0.25) is 4.98 Å². The molecule has 0 atom stereocenters. The van der Waals surface area contributed by atoms with Gasteiger partial charge in [0.05, 0.1) is 11.2 Å². The number of pyridine rings is 1. The summed E-state index contributed by atoms with van der Waals surface area (Å²) in [6, 6.07) is 1.70. The third-order valence-electron chi connectivity index (χ3n) is 1.96. The first-order valence-electron chi connectivity index (χ1n) is 5.15. The van der Waals surface area contributed by atoms with Crippen LogP contribution in [0.15, 0.2) is 36.9 Å². The molecular weight excluding hydrogens is 270 g/mol. The van der Waals surface area contributed by atoms with Crippen LogP contribution in [-0.2, 0) is 4.79 Å². The van der Waals surface area contributed by atoms with Crippen molar-refractivity contribution in [2.75, 3.05) is 0 Å². The third kappa shape index (κ3) is 4.04. The Morgan fingerprint density at radius 3 is 2.63 bits per heavy atom. The second-order valence-corrected chi connectivity index (χ2v) is 3.85. The lowest BCUT2D eigenvalue weighted by Gasteiger charge is -2.03. The van der Waals surface area contributed by atoms with Crippen LogP contribution >= 0.6 is 11.6 Å². The Morgan fingerprint density at radius 1 is 1.26 bits per heavy atom. The summed E-state index contributed by atoms with van der Waals surface area (Å²) < 4.78 is 5.33. The Balaban J connectivity index is 2.08. The quantitative estimate of drug-likeness (QED) is 0.864. The highest BCUT2D eigenvalue weighted by Gasteiger charge is 2.01. The third-order valence-corrected chi connectivity index (χ3v) is 2.16. The molecular formula is C12H8ClN3O3. The predicted molar refractivity (Wildman–Crippen MR) is 68.0 cm³/mol. The average molecular weight is 278 g/mol. The van der Waals surface area contributed by atoms with Gasteiger partial charge in [0.2, 0.25) is 0 Å². The summed E-state index contributed by atoms with van der Waals surface area (Å²) in [4.78, 5) is 22.1. The van der Waals surface area contributed by atoms with E-state index in [1.807, 2.05) is 0 Å². The van der Waals surface area contributed by atoms with Crippen LogP contribution in [0.3, 0.4) is 0 Å². The number of hydrogen-bond acceptors (Lipinski definition) is 5. The largest absolute Gasteiger partial charge is 0.478 e. The number of aromatic nitrogens is 3. The number of carboxylic acids is 1. The molecule has 0 fully saturated rings. The van der Waals surface area contributed by atoms with Gasteiger partial charge >= 0.3 is 12.0 Å². The molecule has 0 aliphatic rings. The SMILES string of the molecule is O=C(O)/C=C/c1cnc(Oc2cncc(Cl)c2)nc1. The van der Waals surface area contributed by atoms with Gasteiger partial charge < -0.3 is 9.84 Å². The van der Waals surface area contributed by atoms with Crippen molar-refractivity contribution >= 4 is 23.6 Å². The van der Waals surface area contributed by atoms with Crippen LogP contribution in [0.25, 0.3) is 6.08 Å². The van der Waals surface area contributed by atoms with Crippen LogP contribution in [-0.4, -0.2) is 26.0 Å². The summed E-state index contributed by atoms with van der Waals surface area (Å²) in [7, 11) is 0. The maximum atomic E-state index is 10.3. The molecule has 0 bridgehead atoms. The molecule has 0 saturated carbocycles. The molecule has 0 unspecified atom stereocenters. The van der Waals surface area contributed by atoms with Crippen LogP contribution in [0.4, 0.5) is 0 Å². The second kappa shape index (κ2) is 5.92. The Morgan fingerprint density at radius 2 is 2.00 bits per heavy atom. The molecule has 6 nitrogen and oxygen atoms in total. The second-order valence-electron chi connectivity index (χ2n) is 3.41. The standard InChI is InChI=1S/C12H8ClN3O3/c13-9-3-10(7-14-6-9)19-12-15-4-8(5-16-12)1-2-11(17)18/h1-7H,(H,17,18)/b2-1+. The van der Waals surface area contributed by atoms with Crippen molar-refractivity contribution < 1.29 is 14.6 Å². The lowest BCUT2D eigenvalue weighted by molar-refractivity contribution is -0.131. The molecule has 0 aliphatic carbocycles. The van der Waals surface area contributed by atoms with Crippen LogP contribution in [0.5, 0.6) is 11.8 Å². The first-order chi connectivity index (χ1) is 9.13. The summed E-state index contributed by atoms with van der Waals surface area (Å²) in [5.74, 6) is -0.619. The Hall–Kier alpha value is -2.47. The van der Waals surface area contributed by atoms with Crippen LogP contribution in [0, 0.1) is 0 Å². The number of nitrogens with zero attached hydrogens (tertiary/aromatic N) is 3. The molecule has 2 heterocycles. The highest BCUT2D eigenvalue weighted by atomic mass is 35.5. The highest BCUT2D eigenvalue weighted by molar-refractivity contribution is 6.30. The minimum absolute atomic E-state index is 0.122. The average Bonchev–Trinajstić information content (AvgIpc) is 2.38. The molecule has 0 amide bonds. The van der Waals surface area contributed by atoms with Gasteiger partial charge in [0.15, 0.2) is 5.75 Å². The number of carbonyl (C=O) groups is 1. The first kappa shape index (κ1) is 13.0. The number of ether oxygens (including phenoxy) is 1. The van der Waals surface area contributed by atoms with Crippen molar-refractivity contribution in [1.29, 1.82) is 0 Å². The van der Waals surface area contributed by atoms with E-state index in [1.165, 1.54) is 30.9 Å². The zero-order valence-corrected chi connectivity index (χ0v) is 10.3. The summed E-state index contributed by atoms with van der Waals surface area (Å²) in [5.41, 5.74) is 0.555. The van der Waals surface area contributed by atoms with Gasteiger partial charge in [-0.1, -0.05) is 11.6 Å². The van der Waals surface area contributed by atoms with E-state index >= 15 is 0 Å². The summed E-state index contributed by atoms with van der Waals surface area (Å²) in [6.45, 7) is 0. The Labute approximate surface area is 113 Å². The Kier molecular flexibility index (Phi) is 4.04. The molecule has 0 spiro atoms. The summed E-state index contributed by atoms with van der Waals surface area (Å²) in [5, 5.41) is 8.92. The maximum Gasteiger partial charge on any atom is 0.328 e. The van der Waals surface area contributed by atoms with Crippen molar-refractivity contribution in [1.82, 2.24) is 15.0 Å². The Bertz CT molecular complexity index is 614. The number of halogens is 1. The molecule has 2 aromatic heterocycles. The van der Waals surface area contributed by atoms with Gasteiger partial charge in [-0.2, -0.15) is 0 Å². The van der Waals surface area contributed by atoms with Crippen LogP contribution < -0.4 is 4.74 Å². The van der Waals surface area contributed by atoms with Gasteiger partial charge in [0.25, 0.3) is 0 Å². The van der Waals surface area contributed by atoms with E-state index in [2.05, 4.69) is 15.0 Å². The fraction of sp³-hybridized carbons (Fsp3) is 0. The molecule has 2 aromatic rings. The molecule has 96 valence electrons. The van der Waals surface area contributed by atoms with Gasteiger partial charge in [-0.05, 0) is 6.08 Å². The normalized spacial score (nSPS) is 10.6. The van der Waals surface area contributed by atoms with Crippen LogP contribution in [0.2, 0.25) is 5.02 Å². The van der Waals surface area contributed by atoms with Crippen molar-refractivity contribution in [2.24, 2.45) is 0 Å². The summed E-state index contributed by atoms with van der Waals surface area (Å²) in [6.07, 6.45) is 8.23. The van der Waals surface area contributed by atoms with E-state index in [9.17, 15) is 4.79 Å². The molecule has 0 radical (unpaired) electrons. The monoisotopic (exact) mass is 277 g/mol. The minimum Gasteiger partial charge on any atom is -0.478 e. The topological polar surface area (TPSA) is 85.2 Å². The van der Waals surface area contributed by atoms with Crippen molar-refractivity contribution in [2.45, 2.75) is 0 Å². The zero-order valence-electron chi connectivity index (χ0n) is 9.52. The zero-order chi connectivity index (χ0) is 13.7.